The summed E-state index contributed by atoms with van der Waals surface area (Å²) in [4.78, 5) is 18.1. The van der Waals surface area contributed by atoms with Crippen molar-refractivity contribution in [2.75, 3.05) is 19.6 Å². The predicted octanol–water partition coefficient (Wildman–Crippen LogP) is 4.00. The van der Waals surface area contributed by atoms with Crippen LogP contribution in [-0.2, 0) is 17.8 Å². The van der Waals surface area contributed by atoms with Gasteiger partial charge in [0, 0.05) is 41.8 Å². The molecule has 2 N–H and O–H groups in total. The first-order valence-corrected chi connectivity index (χ1v) is 9.86. The molecule has 3 aromatic rings. The van der Waals surface area contributed by atoms with Crippen molar-refractivity contribution in [1.29, 1.82) is 0 Å². The number of benzene rings is 2. The van der Waals surface area contributed by atoms with Gasteiger partial charge in [-0.2, -0.15) is 0 Å². The SMILES string of the molecule is O=C(NCCc1c[nH]c2ccc(Cl)cc12)[C@H]1CCN(Cc2ccccc2)C1. The van der Waals surface area contributed by atoms with E-state index in [0.29, 0.717) is 6.54 Å². The van der Waals surface area contributed by atoms with E-state index in [4.69, 9.17) is 11.6 Å². The predicted molar refractivity (Wildman–Crippen MR) is 110 cm³/mol. The highest BCUT2D eigenvalue weighted by Gasteiger charge is 2.27. The summed E-state index contributed by atoms with van der Waals surface area (Å²) in [7, 11) is 0. The van der Waals surface area contributed by atoms with Gasteiger partial charge in [0.2, 0.25) is 5.91 Å². The van der Waals surface area contributed by atoms with E-state index in [0.717, 1.165) is 48.4 Å². The fraction of sp³-hybridized carbons (Fsp3) is 0.318. The number of amides is 1. The van der Waals surface area contributed by atoms with Gasteiger partial charge >= 0.3 is 0 Å². The van der Waals surface area contributed by atoms with Gasteiger partial charge in [-0.25, -0.2) is 0 Å². The van der Waals surface area contributed by atoms with Crippen LogP contribution in [0.4, 0.5) is 0 Å². The minimum atomic E-state index is 0.0890. The molecule has 1 aliphatic rings. The van der Waals surface area contributed by atoms with Gasteiger partial charge in [-0.15, -0.1) is 0 Å². The van der Waals surface area contributed by atoms with Crippen LogP contribution in [0.25, 0.3) is 10.9 Å². The van der Waals surface area contributed by atoms with Gasteiger partial charge in [-0.05, 0) is 48.7 Å². The van der Waals surface area contributed by atoms with Crippen LogP contribution in [0.1, 0.15) is 17.5 Å². The highest BCUT2D eigenvalue weighted by atomic mass is 35.5. The molecule has 4 nitrogen and oxygen atoms in total. The minimum Gasteiger partial charge on any atom is -0.361 e. The molecule has 2 aromatic carbocycles. The molecular weight excluding hydrogens is 358 g/mol. The number of fused-ring (bicyclic) bond motifs is 1. The maximum atomic E-state index is 12.5. The maximum absolute atomic E-state index is 12.5. The van der Waals surface area contributed by atoms with Gasteiger partial charge in [0.05, 0.1) is 5.92 Å². The van der Waals surface area contributed by atoms with Crippen LogP contribution in [0.15, 0.2) is 54.7 Å². The van der Waals surface area contributed by atoms with Gasteiger partial charge in [-0.1, -0.05) is 41.9 Å². The Balaban J connectivity index is 1.26. The van der Waals surface area contributed by atoms with E-state index in [-0.39, 0.29) is 11.8 Å². The van der Waals surface area contributed by atoms with Crippen molar-refractivity contribution >= 4 is 28.4 Å². The Labute approximate surface area is 164 Å². The molecule has 4 rings (SSSR count). The molecule has 0 spiro atoms. The summed E-state index contributed by atoms with van der Waals surface area (Å²) in [5.41, 5.74) is 3.56. The van der Waals surface area contributed by atoms with Crippen molar-refractivity contribution in [3.63, 3.8) is 0 Å². The molecule has 5 heteroatoms. The number of halogens is 1. The highest BCUT2D eigenvalue weighted by Crippen LogP contribution is 2.23. The van der Waals surface area contributed by atoms with Crippen molar-refractivity contribution in [2.45, 2.75) is 19.4 Å². The number of hydrogen-bond donors (Lipinski definition) is 2. The lowest BCUT2D eigenvalue weighted by atomic mass is 10.1. The largest absolute Gasteiger partial charge is 0.361 e. The summed E-state index contributed by atoms with van der Waals surface area (Å²) in [6, 6.07) is 16.3. The van der Waals surface area contributed by atoms with Crippen molar-refractivity contribution in [3.05, 3.63) is 70.9 Å². The van der Waals surface area contributed by atoms with Crippen LogP contribution in [0.2, 0.25) is 5.02 Å². The fourth-order valence-corrected chi connectivity index (χ4v) is 4.03. The molecule has 0 unspecified atom stereocenters. The fourth-order valence-electron chi connectivity index (χ4n) is 3.85. The molecule has 1 atom stereocenters. The third kappa shape index (κ3) is 4.34. The zero-order valence-corrected chi connectivity index (χ0v) is 16.0. The quantitative estimate of drug-likeness (QED) is 0.678. The number of H-pyrrole nitrogens is 1. The van der Waals surface area contributed by atoms with Crippen LogP contribution >= 0.6 is 11.6 Å². The molecule has 0 saturated carbocycles. The number of aromatic nitrogens is 1. The van der Waals surface area contributed by atoms with Gasteiger partial charge < -0.3 is 10.3 Å². The lowest BCUT2D eigenvalue weighted by Gasteiger charge is -2.16. The van der Waals surface area contributed by atoms with E-state index in [2.05, 4.69) is 39.5 Å². The zero-order valence-electron chi connectivity index (χ0n) is 15.2. The number of hydrogen-bond acceptors (Lipinski definition) is 2. The van der Waals surface area contributed by atoms with Crippen LogP contribution in [0.5, 0.6) is 0 Å². The third-order valence-corrected chi connectivity index (χ3v) is 5.55. The average Bonchev–Trinajstić information content (AvgIpc) is 3.30. The van der Waals surface area contributed by atoms with Gasteiger partial charge in [0.25, 0.3) is 0 Å². The maximum Gasteiger partial charge on any atom is 0.224 e. The lowest BCUT2D eigenvalue weighted by molar-refractivity contribution is -0.124. The van der Waals surface area contributed by atoms with Crippen LogP contribution < -0.4 is 5.32 Å². The molecule has 1 aromatic heterocycles. The van der Waals surface area contributed by atoms with Crippen LogP contribution in [0.3, 0.4) is 0 Å². The van der Waals surface area contributed by atoms with E-state index < -0.39 is 0 Å². The Bertz CT molecular complexity index is 922. The van der Waals surface area contributed by atoms with Gasteiger partial charge in [0.1, 0.15) is 0 Å². The second-order valence-electron chi connectivity index (χ2n) is 7.25. The number of rotatable bonds is 6. The highest BCUT2D eigenvalue weighted by molar-refractivity contribution is 6.31. The standard InChI is InChI=1S/C22H24ClN3O/c23-19-6-7-21-20(12-19)17(13-25-21)8-10-24-22(27)18-9-11-26(15-18)14-16-4-2-1-3-5-16/h1-7,12-13,18,25H,8-11,14-15H2,(H,24,27)/t18-/m0/s1. The molecule has 1 amide bonds. The smallest absolute Gasteiger partial charge is 0.224 e. The first-order valence-electron chi connectivity index (χ1n) is 9.48. The minimum absolute atomic E-state index is 0.0890. The Morgan fingerprint density at radius 1 is 1.22 bits per heavy atom. The second-order valence-corrected chi connectivity index (χ2v) is 7.69. The lowest BCUT2D eigenvalue weighted by Crippen LogP contribution is -2.33. The third-order valence-electron chi connectivity index (χ3n) is 5.32. The summed E-state index contributed by atoms with van der Waals surface area (Å²) in [5, 5.41) is 4.98. The summed E-state index contributed by atoms with van der Waals surface area (Å²) in [5.74, 6) is 0.259. The number of nitrogens with one attached hydrogen (secondary N) is 2. The van der Waals surface area contributed by atoms with E-state index in [9.17, 15) is 4.79 Å². The molecule has 2 heterocycles. The summed E-state index contributed by atoms with van der Waals surface area (Å²) in [6.45, 7) is 3.38. The van der Waals surface area contributed by atoms with Crippen molar-refractivity contribution in [1.82, 2.24) is 15.2 Å². The Morgan fingerprint density at radius 3 is 2.93 bits per heavy atom. The van der Waals surface area contributed by atoms with E-state index in [1.54, 1.807) is 0 Å². The molecule has 27 heavy (non-hydrogen) atoms. The first kappa shape index (κ1) is 18.1. The number of aromatic amines is 1. The number of carbonyl (C=O) groups is 1. The van der Waals surface area contributed by atoms with Crippen molar-refractivity contribution in [3.8, 4) is 0 Å². The van der Waals surface area contributed by atoms with Crippen LogP contribution in [0, 0.1) is 5.92 Å². The molecule has 140 valence electrons. The van der Waals surface area contributed by atoms with Gasteiger partial charge in [-0.3, -0.25) is 9.69 Å². The topological polar surface area (TPSA) is 48.1 Å². The molecule has 0 aliphatic carbocycles. The Morgan fingerprint density at radius 2 is 2.07 bits per heavy atom. The normalized spacial score (nSPS) is 17.4. The molecule has 1 saturated heterocycles. The average molecular weight is 382 g/mol. The summed E-state index contributed by atoms with van der Waals surface area (Å²) >= 11 is 6.10. The second kappa shape index (κ2) is 8.15. The molecule has 1 aliphatic heterocycles. The van der Waals surface area contributed by atoms with Crippen molar-refractivity contribution < 1.29 is 4.79 Å². The number of likely N-dealkylation sites (tertiary alicyclic amines) is 1. The zero-order chi connectivity index (χ0) is 18.6. The Hall–Kier alpha value is -2.30. The Kier molecular flexibility index (Phi) is 5.46. The van der Waals surface area contributed by atoms with E-state index >= 15 is 0 Å². The van der Waals surface area contributed by atoms with E-state index in [1.807, 2.05) is 30.5 Å². The monoisotopic (exact) mass is 381 g/mol. The molecule has 0 radical (unpaired) electrons. The van der Waals surface area contributed by atoms with Crippen molar-refractivity contribution in [2.24, 2.45) is 5.92 Å². The van der Waals surface area contributed by atoms with E-state index in [1.165, 1.54) is 11.1 Å². The van der Waals surface area contributed by atoms with Gasteiger partial charge in [0.15, 0.2) is 0 Å². The summed E-state index contributed by atoms with van der Waals surface area (Å²) < 4.78 is 0. The molecule has 1 fully saturated rings. The number of carbonyl (C=O) groups excluding carboxylic acids is 1. The molecular formula is C22H24ClN3O. The molecule has 0 bridgehead atoms. The summed E-state index contributed by atoms with van der Waals surface area (Å²) in [6.07, 6.45) is 3.73. The number of nitrogens with zero attached hydrogens (tertiary/aromatic N) is 1. The van der Waals surface area contributed by atoms with Crippen LogP contribution in [-0.4, -0.2) is 35.4 Å². The first-order chi connectivity index (χ1) is 13.2.